The van der Waals surface area contributed by atoms with Crippen LogP contribution in [0, 0.1) is 11.3 Å². The number of nitrogens with zero attached hydrogens (tertiary/aromatic N) is 1. The van der Waals surface area contributed by atoms with E-state index in [-0.39, 0.29) is 0 Å². The van der Waals surface area contributed by atoms with Crippen LogP contribution in [0.4, 0.5) is 0 Å². The molecule has 2 nitrogen and oxygen atoms in total. The van der Waals surface area contributed by atoms with Crippen LogP contribution in [0.2, 0.25) is 0 Å². The first-order chi connectivity index (χ1) is 9.03. The molecule has 0 radical (unpaired) electrons. The zero-order chi connectivity index (χ0) is 13.9. The van der Waals surface area contributed by atoms with Crippen molar-refractivity contribution < 1.29 is 0 Å². The van der Waals surface area contributed by atoms with E-state index in [0.717, 1.165) is 25.6 Å². The maximum absolute atomic E-state index is 6.10. The number of halogens is 1. The lowest BCUT2D eigenvalue weighted by Gasteiger charge is -2.41. The molecule has 19 heavy (non-hydrogen) atoms. The van der Waals surface area contributed by atoms with E-state index in [9.17, 15) is 0 Å². The molecule has 1 aromatic heterocycles. The third-order valence-electron chi connectivity index (χ3n) is 4.45. The molecular formula is C15H25BrN2S. The first-order valence-electron chi connectivity index (χ1n) is 7.14. The summed E-state index contributed by atoms with van der Waals surface area (Å²) in [6, 6.07) is 2.22. The Balaban J connectivity index is 1.90. The van der Waals surface area contributed by atoms with Crippen molar-refractivity contribution in [3.8, 4) is 0 Å². The van der Waals surface area contributed by atoms with Gasteiger partial charge in [-0.2, -0.15) is 0 Å². The van der Waals surface area contributed by atoms with Gasteiger partial charge in [-0.15, -0.1) is 11.3 Å². The van der Waals surface area contributed by atoms with Gasteiger partial charge in [-0.3, -0.25) is 0 Å². The van der Waals surface area contributed by atoms with Crippen molar-refractivity contribution in [2.75, 3.05) is 20.1 Å². The summed E-state index contributed by atoms with van der Waals surface area (Å²) >= 11 is 5.29. The summed E-state index contributed by atoms with van der Waals surface area (Å²) in [6.07, 6.45) is 5.27. The first kappa shape index (κ1) is 15.5. The number of hydrogen-bond donors (Lipinski definition) is 1. The standard InChI is InChI=1S/C15H25BrN2S/c1-12-3-5-15(10-17,6-4-12)11-18(2)8-13-7-14(16)19-9-13/h7,9,12H,3-6,8,10-11,17H2,1-2H3. The molecule has 0 unspecified atom stereocenters. The van der Waals surface area contributed by atoms with E-state index >= 15 is 0 Å². The van der Waals surface area contributed by atoms with Crippen LogP contribution in [0.25, 0.3) is 0 Å². The monoisotopic (exact) mass is 344 g/mol. The average Bonchev–Trinajstić information content (AvgIpc) is 2.78. The van der Waals surface area contributed by atoms with Crippen LogP contribution in [0.15, 0.2) is 15.2 Å². The zero-order valence-corrected chi connectivity index (χ0v) is 14.4. The molecule has 2 N–H and O–H groups in total. The molecule has 0 saturated heterocycles. The van der Waals surface area contributed by atoms with Crippen LogP contribution in [0.5, 0.6) is 0 Å². The fraction of sp³-hybridized carbons (Fsp3) is 0.733. The van der Waals surface area contributed by atoms with E-state index in [4.69, 9.17) is 5.73 Å². The molecule has 0 aliphatic heterocycles. The van der Waals surface area contributed by atoms with E-state index < -0.39 is 0 Å². The molecule has 0 amide bonds. The first-order valence-corrected chi connectivity index (χ1v) is 8.82. The minimum atomic E-state index is 0.356. The molecule has 4 heteroatoms. The highest BCUT2D eigenvalue weighted by molar-refractivity contribution is 9.11. The van der Waals surface area contributed by atoms with Crippen LogP contribution in [-0.2, 0) is 6.54 Å². The molecule has 1 aliphatic rings. The fourth-order valence-electron chi connectivity index (χ4n) is 3.17. The van der Waals surface area contributed by atoms with Crippen molar-refractivity contribution >= 4 is 27.3 Å². The molecule has 1 aliphatic carbocycles. The number of thiophene rings is 1. The van der Waals surface area contributed by atoms with Crippen LogP contribution >= 0.6 is 27.3 Å². The Morgan fingerprint density at radius 1 is 1.47 bits per heavy atom. The molecule has 1 saturated carbocycles. The molecule has 1 heterocycles. The summed E-state index contributed by atoms with van der Waals surface area (Å²) in [5.41, 5.74) is 7.85. The fourth-order valence-corrected chi connectivity index (χ4v) is 4.37. The summed E-state index contributed by atoms with van der Waals surface area (Å²) in [7, 11) is 2.22. The van der Waals surface area contributed by atoms with Crippen molar-refractivity contribution in [3.05, 3.63) is 20.8 Å². The average molecular weight is 345 g/mol. The third kappa shape index (κ3) is 4.28. The molecule has 108 valence electrons. The maximum Gasteiger partial charge on any atom is 0.0701 e. The van der Waals surface area contributed by atoms with Gasteiger partial charge >= 0.3 is 0 Å². The van der Waals surface area contributed by atoms with Gasteiger partial charge in [0.1, 0.15) is 0 Å². The Labute approximate surface area is 129 Å². The molecule has 1 fully saturated rings. The van der Waals surface area contributed by atoms with Crippen LogP contribution < -0.4 is 5.73 Å². The van der Waals surface area contributed by atoms with E-state index in [0.29, 0.717) is 5.41 Å². The molecular weight excluding hydrogens is 320 g/mol. The van der Waals surface area contributed by atoms with Gasteiger partial charge in [0.15, 0.2) is 0 Å². The van der Waals surface area contributed by atoms with Crippen LogP contribution in [0.3, 0.4) is 0 Å². The number of rotatable bonds is 5. The summed E-state index contributed by atoms with van der Waals surface area (Å²) < 4.78 is 1.22. The van der Waals surface area contributed by atoms with Gasteiger partial charge in [-0.1, -0.05) is 19.8 Å². The molecule has 1 aromatic rings. The Kier molecular flexibility index (Phi) is 5.46. The minimum absolute atomic E-state index is 0.356. The second kappa shape index (κ2) is 6.70. The van der Waals surface area contributed by atoms with Crippen molar-refractivity contribution in [2.24, 2.45) is 17.1 Å². The highest BCUT2D eigenvalue weighted by atomic mass is 79.9. The summed E-state index contributed by atoms with van der Waals surface area (Å²) in [6.45, 7) is 5.35. The van der Waals surface area contributed by atoms with Gasteiger partial charge in [0.2, 0.25) is 0 Å². The van der Waals surface area contributed by atoms with Gasteiger partial charge < -0.3 is 10.6 Å². The topological polar surface area (TPSA) is 29.3 Å². The van der Waals surface area contributed by atoms with E-state index in [2.05, 4.69) is 46.2 Å². The lowest BCUT2D eigenvalue weighted by molar-refractivity contribution is 0.105. The summed E-state index contributed by atoms with van der Waals surface area (Å²) in [4.78, 5) is 2.44. The quantitative estimate of drug-likeness (QED) is 0.871. The lowest BCUT2D eigenvalue weighted by Crippen LogP contribution is -2.43. The molecule has 0 spiro atoms. The summed E-state index contributed by atoms with van der Waals surface area (Å²) in [5, 5.41) is 2.23. The van der Waals surface area contributed by atoms with Crippen molar-refractivity contribution in [3.63, 3.8) is 0 Å². The van der Waals surface area contributed by atoms with Gasteiger partial charge in [0.05, 0.1) is 3.79 Å². The highest BCUT2D eigenvalue weighted by Gasteiger charge is 2.33. The molecule has 0 atom stereocenters. The van der Waals surface area contributed by atoms with Gasteiger partial charge in [0, 0.05) is 13.1 Å². The smallest absolute Gasteiger partial charge is 0.0701 e. The molecule has 2 rings (SSSR count). The Bertz CT molecular complexity index is 397. The SMILES string of the molecule is CC1CCC(CN)(CN(C)Cc2csc(Br)c2)CC1. The number of hydrogen-bond acceptors (Lipinski definition) is 3. The largest absolute Gasteiger partial charge is 0.330 e. The third-order valence-corrected chi connectivity index (χ3v) is 6.00. The van der Waals surface area contributed by atoms with Crippen molar-refractivity contribution in [1.29, 1.82) is 0 Å². The highest BCUT2D eigenvalue weighted by Crippen LogP contribution is 2.38. The van der Waals surface area contributed by atoms with E-state index in [1.54, 1.807) is 11.3 Å². The Morgan fingerprint density at radius 2 is 2.16 bits per heavy atom. The van der Waals surface area contributed by atoms with Gasteiger partial charge in [-0.25, -0.2) is 0 Å². The molecule has 0 aromatic carbocycles. The van der Waals surface area contributed by atoms with E-state index in [1.165, 1.54) is 35.0 Å². The Hall–Kier alpha value is 0.100. The van der Waals surface area contributed by atoms with Crippen molar-refractivity contribution in [1.82, 2.24) is 4.90 Å². The van der Waals surface area contributed by atoms with E-state index in [1.807, 2.05) is 0 Å². The molecule has 0 bridgehead atoms. The lowest BCUT2D eigenvalue weighted by atomic mass is 9.70. The second-order valence-corrected chi connectivity index (χ2v) is 8.61. The van der Waals surface area contributed by atoms with Crippen molar-refractivity contribution in [2.45, 2.75) is 39.2 Å². The second-order valence-electron chi connectivity index (χ2n) is 6.32. The summed E-state index contributed by atoms with van der Waals surface area (Å²) in [5.74, 6) is 0.887. The van der Waals surface area contributed by atoms with Gasteiger partial charge in [-0.05, 0) is 70.7 Å². The Morgan fingerprint density at radius 3 is 2.68 bits per heavy atom. The minimum Gasteiger partial charge on any atom is -0.330 e. The van der Waals surface area contributed by atoms with Crippen LogP contribution in [0.1, 0.15) is 38.2 Å². The normalized spacial score (nSPS) is 27.9. The maximum atomic E-state index is 6.10. The number of nitrogens with two attached hydrogens (primary N) is 1. The van der Waals surface area contributed by atoms with Gasteiger partial charge in [0.25, 0.3) is 0 Å². The predicted molar refractivity (Wildman–Crippen MR) is 87.5 cm³/mol. The predicted octanol–water partition coefficient (Wildman–Crippen LogP) is 4.10. The zero-order valence-electron chi connectivity index (χ0n) is 12.0. The van der Waals surface area contributed by atoms with Crippen LogP contribution in [-0.4, -0.2) is 25.0 Å².